The largest absolute Gasteiger partial charge is 0.496 e. The fraction of sp³-hybridized carbons (Fsp3) is 0.333. The lowest BCUT2D eigenvalue weighted by molar-refractivity contribution is -0.137. The van der Waals surface area contributed by atoms with Crippen LogP contribution < -0.4 is 9.64 Å². The van der Waals surface area contributed by atoms with Crippen molar-refractivity contribution in [2.45, 2.75) is 19.5 Å². The smallest absolute Gasteiger partial charge is 0.416 e. The summed E-state index contributed by atoms with van der Waals surface area (Å²) >= 11 is 0. The first-order valence-electron chi connectivity index (χ1n) is 10.0. The predicted molar refractivity (Wildman–Crippen MR) is 112 cm³/mol. The normalized spacial score (nSPS) is 14.1. The number of nitrogens with zero attached hydrogens (tertiary/aromatic N) is 7. The molecule has 8 nitrogen and oxygen atoms in total. The van der Waals surface area contributed by atoms with Gasteiger partial charge in [-0.3, -0.25) is 4.68 Å². The molecule has 0 bridgehead atoms. The predicted octanol–water partition coefficient (Wildman–Crippen LogP) is 3.74. The molecular weight excluding hydrogens is 423 g/mol. The van der Waals surface area contributed by atoms with Crippen LogP contribution in [0.15, 0.2) is 30.7 Å². The van der Waals surface area contributed by atoms with Crippen LogP contribution >= 0.6 is 0 Å². The lowest BCUT2D eigenvalue weighted by Crippen LogP contribution is -2.38. The van der Waals surface area contributed by atoms with E-state index in [1.165, 1.54) is 19.5 Å². The molecule has 4 heterocycles. The molecule has 3 aromatic heterocycles. The number of imidazole rings is 1. The van der Waals surface area contributed by atoms with Crippen LogP contribution in [0.3, 0.4) is 0 Å². The highest BCUT2D eigenvalue weighted by Gasteiger charge is 2.32. The number of aromatic nitrogens is 6. The summed E-state index contributed by atoms with van der Waals surface area (Å²) in [6, 6.07) is 3.44. The lowest BCUT2D eigenvalue weighted by Gasteiger charge is -2.32. The van der Waals surface area contributed by atoms with Gasteiger partial charge in [0.15, 0.2) is 5.82 Å². The summed E-state index contributed by atoms with van der Waals surface area (Å²) in [5.41, 5.74) is 2.32. The van der Waals surface area contributed by atoms with Crippen LogP contribution in [-0.2, 0) is 13.2 Å². The maximum absolute atomic E-state index is 13.2. The molecule has 0 radical (unpaired) electrons. The van der Waals surface area contributed by atoms with Crippen molar-refractivity contribution in [3.8, 4) is 28.3 Å². The Morgan fingerprint density at radius 3 is 2.53 bits per heavy atom. The number of hydrogen-bond donors (Lipinski definition) is 0. The topological polar surface area (TPSA) is 73.4 Å². The van der Waals surface area contributed by atoms with Gasteiger partial charge in [-0.15, -0.1) is 0 Å². The molecule has 0 N–H and O–H groups in total. The molecule has 1 aliphatic heterocycles. The Labute approximate surface area is 181 Å². The molecule has 0 unspecified atom stereocenters. The third kappa shape index (κ3) is 3.07. The first kappa shape index (κ1) is 20.3. The Morgan fingerprint density at radius 2 is 1.88 bits per heavy atom. The molecule has 1 saturated heterocycles. The number of alkyl halides is 3. The quantitative estimate of drug-likeness (QED) is 0.479. The van der Waals surface area contributed by atoms with Crippen LogP contribution in [0.5, 0.6) is 5.75 Å². The van der Waals surface area contributed by atoms with Crippen LogP contribution in [0.25, 0.3) is 28.0 Å². The van der Waals surface area contributed by atoms with Crippen molar-refractivity contribution in [3.05, 3.63) is 42.1 Å². The Hall–Kier alpha value is -3.63. The second kappa shape index (κ2) is 7.21. The molecular formula is C21H20F3N7O. The van der Waals surface area contributed by atoms with Crippen LogP contribution in [0.2, 0.25) is 0 Å². The van der Waals surface area contributed by atoms with Gasteiger partial charge in [0.05, 0.1) is 24.6 Å². The van der Waals surface area contributed by atoms with Crippen molar-refractivity contribution in [1.82, 2.24) is 29.4 Å². The van der Waals surface area contributed by atoms with Crippen molar-refractivity contribution < 1.29 is 17.9 Å². The van der Waals surface area contributed by atoms with Crippen LogP contribution in [0, 0.1) is 6.92 Å². The molecule has 4 aromatic rings. The van der Waals surface area contributed by atoms with Gasteiger partial charge in [0.1, 0.15) is 29.1 Å². The van der Waals surface area contributed by atoms with Gasteiger partial charge in [-0.2, -0.15) is 23.4 Å². The van der Waals surface area contributed by atoms with E-state index in [2.05, 4.69) is 20.1 Å². The Balaban J connectivity index is 1.74. The maximum Gasteiger partial charge on any atom is 0.416 e. The standard InChI is InChI=1S/C21H20F3N7O/c1-12-28-17(19-20(30-7-4-8-30)25-11-27-31(12)19)15-10-26-29(2)18(15)14-6-5-13(21(22,23)24)9-16(14)32-3/h5-6,9-11H,4,7-8H2,1-3H3. The number of hydrogen-bond acceptors (Lipinski definition) is 6. The molecule has 1 aromatic carbocycles. The van der Waals surface area contributed by atoms with E-state index in [-0.39, 0.29) is 5.75 Å². The van der Waals surface area contributed by atoms with Crippen LogP contribution in [0.1, 0.15) is 17.8 Å². The fourth-order valence-corrected chi connectivity index (χ4v) is 4.00. The number of rotatable bonds is 4. The van der Waals surface area contributed by atoms with E-state index in [9.17, 15) is 13.2 Å². The zero-order valence-corrected chi connectivity index (χ0v) is 17.7. The number of halogens is 3. The molecule has 11 heteroatoms. The number of anilines is 1. The van der Waals surface area contributed by atoms with Crippen LogP contribution in [0.4, 0.5) is 19.0 Å². The average molecular weight is 443 g/mol. The monoisotopic (exact) mass is 443 g/mol. The summed E-state index contributed by atoms with van der Waals surface area (Å²) in [7, 11) is 3.08. The van der Waals surface area contributed by atoms with Gasteiger partial charge in [-0.1, -0.05) is 0 Å². The molecule has 0 saturated carbocycles. The minimum Gasteiger partial charge on any atom is -0.496 e. The molecule has 166 valence electrons. The third-order valence-corrected chi connectivity index (χ3v) is 5.71. The van der Waals surface area contributed by atoms with Gasteiger partial charge >= 0.3 is 6.18 Å². The van der Waals surface area contributed by atoms with Crippen LogP contribution in [-0.4, -0.2) is 49.6 Å². The summed E-state index contributed by atoms with van der Waals surface area (Å²) in [6.07, 6.45) is -0.232. The number of methoxy groups -OCH3 is 1. The molecule has 0 atom stereocenters. The summed E-state index contributed by atoms with van der Waals surface area (Å²) < 4.78 is 48.4. The van der Waals surface area contributed by atoms with E-state index in [0.717, 1.165) is 43.0 Å². The van der Waals surface area contributed by atoms with E-state index in [0.29, 0.717) is 28.3 Å². The summed E-state index contributed by atoms with van der Waals surface area (Å²) in [4.78, 5) is 11.4. The van der Waals surface area contributed by atoms with Crippen molar-refractivity contribution >= 4 is 11.3 Å². The fourth-order valence-electron chi connectivity index (χ4n) is 4.00. The Bertz CT molecular complexity index is 1320. The molecule has 0 amide bonds. The van der Waals surface area contributed by atoms with Crippen molar-refractivity contribution in [3.63, 3.8) is 0 Å². The minimum atomic E-state index is -4.47. The molecule has 0 spiro atoms. The Morgan fingerprint density at radius 1 is 1.09 bits per heavy atom. The molecule has 5 rings (SSSR count). The maximum atomic E-state index is 13.2. The van der Waals surface area contributed by atoms with E-state index >= 15 is 0 Å². The highest BCUT2D eigenvalue weighted by molar-refractivity contribution is 5.93. The first-order chi connectivity index (χ1) is 15.3. The number of benzene rings is 1. The Kier molecular flexibility index (Phi) is 4.57. The summed E-state index contributed by atoms with van der Waals surface area (Å²) in [5.74, 6) is 1.55. The van der Waals surface area contributed by atoms with E-state index in [1.807, 2.05) is 6.92 Å². The van der Waals surface area contributed by atoms with Gasteiger partial charge in [-0.05, 0) is 31.5 Å². The second-order valence-electron chi connectivity index (χ2n) is 7.64. The molecule has 1 aliphatic rings. The minimum absolute atomic E-state index is 0.101. The van der Waals surface area contributed by atoms with Gasteiger partial charge in [0.2, 0.25) is 0 Å². The zero-order chi connectivity index (χ0) is 22.6. The third-order valence-electron chi connectivity index (χ3n) is 5.71. The van der Waals surface area contributed by atoms with Crippen molar-refractivity contribution in [2.24, 2.45) is 7.05 Å². The first-order valence-corrected chi connectivity index (χ1v) is 10.0. The SMILES string of the molecule is COc1cc(C(F)(F)F)ccc1-c1c(-c2nc(C)n3ncnc(N4CCC4)c23)cnn1C. The zero-order valence-electron chi connectivity index (χ0n) is 17.7. The number of fused-ring (bicyclic) bond motifs is 1. The van der Waals surface area contributed by atoms with Gasteiger partial charge < -0.3 is 9.64 Å². The van der Waals surface area contributed by atoms with Gasteiger partial charge in [0, 0.05) is 31.3 Å². The number of aryl methyl sites for hydroxylation is 2. The molecule has 32 heavy (non-hydrogen) atoms. The van der Waals surface area contributed by atoms with Gasteiger partial charge in [-0.25, -0.2) is 14.5 Å². The van der Waals surface area contributed by atoms with E-state index in [1.54, 1.807) is 22.4 Å². The highest BCUT2D eigenvalue weighted by Crippen LogP contribution is 2.42. The van der Waals surface area contributed by atoms with Crippen molar-refractivity contribution in [2.75, 3.05) is 25.1 Å². The van der Waals surface area contributed by atoms with E-state index < -0.39 is 11.7 Å². The van der Waals surface area contributed by atoms with E-state index in [4.69, 9.17) is 9.72 Å². The van der Waals surface area contributed by atoms with Crippen molar-refractivity contribution in [1.29, 1.82) is 0 Å². The second-order valence-corrected chi connectivity index (χ2v) is 7.64. The molecule has 0 aliphatic carbocycles. The lowest BCUT2D eigenvalue weighted by atomic mass is 10.0. The van der Waals surface area contributed by atoms with Gasteiger partial charge in [0.25, 0.3) is 0 Å². The molecule has 1 fully saturated rings. The summed E-state index contributed by atoms with van der Waals surface area (Å²) in [5, 5.41) is 8.73. The highest BCUT2D eigenvalue weighted by atomic mass is 19.4. The number of ether oxygens (including phenoxy) is 1. The summed E-state index contributed by atoms with van der Waals surface area (Å²) in [6.45, 7) is 3.63. The average Bonchev–Trinajstić information content (AvgIpc) is 3.26.